The van der Waals surface area contributed by atoms with E-state index in [0.29, 0.717) is 24.3 Å². The minimum atomic E-state index is -3.41. The Kier molecular flexibility index (Phi) is 4.76. The van der Waals surface area contributed by atoms with Crippen LogP contribution in [0.1, 0.15) is 24.0 Å². The Labute approximate surface area is 119 Å². The molecule has 1 aromatic rings. The van der Waals surface area contributed by atoms with Crippen LogP contribution in [0.5, 0.6) is 0 Å². The smallest absolute Gasteiger partial charge is 0.218 e. The molecule has 2 rings (SSSR count). The Hall–Kier alpha value is -1.42. The van der Waals surface area contributed by atoms with E-state index in [1.54, 1.807) is 31.4 Å². The number of rotatable bonds is 7. The van der Waals surface area contributed by atoms with Crippen molar-refractivity contribution in [3.8, 4) is 6.07 Å². The van der Waals surface area contributed by atoms with Gasteiger partial charge in [0.2, 0.25) is 10.0 Å². The van der Waals surface area contributed by atoms with Crippen LogP contribution in [-0.4, -0.2) is 39.0 Å². The molecule has 0 N–H and O–H groups in total. The van der Waals surface area contributed by atoms with Crippen LogP contribution in [0.25, 0.3) is 0 Å². The lowest BCUT2D eigenvalue weighted by Gasteiger charge is -2.21. The molecule has 0 aliphatic heterocycles. The SMILES string of the molecule is COCCN(C1CC1)S(=O)(=O)Cc1ccccc1C#N. The molecule has 1 aromatic carbocycles. The van der Waals surface area contributed by atoms with Crippen LogP contribution in [0, 0.1) is 11.3 Å². The molecule has 0 saturated heterocycles. The Bertz CT molecular complexity index is 603. The Morgan fingerprint density at radius 2 is 2.10 bits per heavy atom. The van der Waals surface area contributed by atoms with Crippen LogP contribution in [0.2, 0.25) is 0 Å². The van der Waals surface area contributed by atoms with Crippen LogP contribution in [0.4, 0.5) is 0 Å². The number of hydrogen-bond donors (Lipinski definition) is 0. The number of nitriles is 1. The molecule has 0 bridgehead atoms. The fourth-order valence-corrected chi connectivity index (χ4v) is 3.96. The van der Waals surface area contributed by atoms with E-state index < -0.39 is 10.0 Å². The predicted molar refractivity (Wildman–Crippen MR) is 75.4 cm³/mol. The van der Waals surface area contributed by atoms with Gasteiger partial charge in [-0.3, -0.25) is 0 Å². The van der Waals surface area contributed by atoms with Crippen molar-refractivity contribution in [2.75, 3.05) is 20.3 Å². The van der Waals surface area contributed by atoms with Gasteiger partial charge in [-0.25, -0.2) is 8.42 Å². The van der Waals surface area contributed by atoms with Crippen molar-refractivity contribution in [3.63, 3.8) is 0 Å². The highest BCUT2D eigenvalue weighted by Crippen LogP contribution is 2.30. The molecule has 0 radical (unpaired) electrons. The lowest BCUT2D eigenvalue weighted by atomic mass is 10.1. The van der Waals surface area contributed by atoms with Crippen molar-refractivity contribution in [3.05, 3.63) is 35.4 Å². The molecule has 108 valence electrons. The largest absolute Gasteiger partial charge is 0.383 e. The first kappa shape index (κ1) is 15.0. The molecule has 0 heterocycles. The van der Waals surface area contributed by atoms with Gasteiger partial charge in [-0.1, -0.05) is 18.2 Å². The van der Waals surface area contributed by atoms with Gasteiger partial charge in [-0.2, -0.15) is 9.57 Å². The van der Waals surface area contributed by atoms with E-state index >= 15 is 0 Å². The zero-order chi connectivity index (χ0) is 14.6. The van der Waals surface area contributed by atoms with Crippen LogP contribution in [0.3, 0.4) is 0 Å². The van der Waals surface area contributed by atoms with Crippen molar-refractivity contribution >= 4 is 10.0 Å². The molecular weight excluding hydrogens is 276 g/mol. The summed E-state index contributed by atoms with van der Waals surface area (Å²) in [5.41, 5.74) is 0.969. The minimum Gasteiger partial charge on any atom is -0.383 e. The zero-order valence-electron chi connectivity index (χ0n) is 11.4. The summed E-state index contributed by atoms with van der Waals surface area (Å²) in [4.78, 5) is 0. The molecule has 1 aliphatic rings. The third-order valence-electron chi connectivity index (χ3n) is 3.30. The first-order chi connectivity index (χ1) is 9.58. The monoisotopic (exact) mass is 294 g/mol. The van der Waals surface area contributed by atoms with Gasteiger partial charge >= 0.3 is 0 Å². The summed E-state index contributed by atoms with van der Waals surface area (Å²) in [6.45, 7) is 0.758. The second-order valence-electron chi connectivity index (χ2n) is 4.86. The van der Waals surface area contributed by atoms with Crippen LogP contribution in [-0.2, 0) is 20.5 Å². The quantitative estimate of drug-likeness (QED) is 0.764. The molecule has 0 unspecified atom stereocenters. The van der Waals surface area contributed by atoms with Crippen molar-refractivity contribution < 1.29 is 13.2 Å². The summed E-state index contributed by atoms with van der Waals surface area (Å²) in [6, 6.07) is 8.96. The van der Waals surface area contributed by atoms with Crippen molar-refractivity contribution in [2.45, 2.75) is 24.6 Å². The maximum absolute atomic E-state index is 12.5. The van der Waals surface area contributed by atoms with E-state index in [4.69, 9.17) is 10.00 Å². The molecule has 1 fully saturated rings. The van der Waals surface area contributed by atoms with Gasteiger partial charge in [0.1, 0.15) is 0 Å². The molecule has 0 atom stereocenters. The Morgan fingerprint density at radius 3 is 2.70 bits per heavy atom. The topological polar surface area (TPSA) is 70.4 Å². The van der Waals surface area contributed by atoms with Gasteiger partial charge in [0.25, 0.3) is 0 Å². The molecular formula is C14H18N2O3S. The molecule has 1 saturated carbocycles. The average Bonchev–Trinajstić information content (AvgIpc) is 3.23. The van der Waals surface area contributed by atoms with Gasteiger partial charge in [0, 0.05) is 19.7 Å². The van der Waals surface area contributed by atoms with Crippen LogP contribution >= 0.6 is 0 Å². The van der Waals surface area contributed by atoms with E-state index in [9.17, 15) is 8.42 Å². The first-order valence-electron chi connectivity index (χ1n) is 6.55. The van der Waals surface area contributed by atoms with Crippen molar-refractivity contribution in [1.82, 2.24) is 4.31 Å². The summed E-state index contributed by atoms with van der Waals surface area (Å²) in [5.74, 6) is -0.128. The number of nitrogens with zero attached hydrogens (tertiary/aromatic N) is 2. The second kappa shape index (κ2) is 6.35. The molecule has 6 heteroatoms. The summed E-state index contributed by atoms with van der Waals surface area (Å²) < 4.78 is 31.5. The predicted octanol–water partition coefficient (Wildman–Crippen LogP) is 1.50. The molecule has 0 amide bonds. The highest BCUT2D eigenvalue weighted by molar-refractivity contribution is 7.88. The molecule has 0 spiro atoms. The van der Waals surface area contributed by atoms with Crippen LogP contribution < -0.4 is 0 Å². The van der Waals surface area contributed by atoms with Crippen molar-refractivity contribution in [2.24, 2.45) is 0 Å². The van der Waals surface area contributed by atoms with Gasteiger partial charge in [-0.15, -0.1) is 0 Å². The lowest BCUT2D eigenvalue weighted by molar-refractivity contribution is 0.177. The molecule has 1 aliphatic carbocycles. The van der Waals surface area contributed by atoms with Crippen molar-refractivity contribution in [1.29, 1.82) is 5.26 Å². The van der Waals surface area contributed by atoms with E-state index in [-0.39, 0.29) is 11.8 Å². The fraction of sp³-hybridized carbons (Fsp3) is 0.500. The number of ether oxygens (including phenoxy) is 1. The summed E-state index contributed by atoms with van der Waals surface area (Å²) in [5, 5.41) is 9.04. The first-order valence-corrected chi connectivity index (χ1v) is 8.16. The highest BCUT2D eigenvalue weighted by Gasteiger charge is 2.37. The average molecular weight is 294 g/mol. The third-order valence-corrected chi connectivity index (χ3v) is 5.17. The highest BCUT2D eigenvalue weighted by atomic mass is 32.2. The van der Waals surface area contributed by atoms with Gasteiger partial charge < -0.3 is 4.74 Å². The maximum atomic E-state index is 12.5. The minimum absolute atomic E-state index is 0.101. The third kappa shape index (κ3) is 3.57. The lowest BCUT2D eigenvalue weighted by Crippen LogP contribution is -2.36. The summed E-state index contributed by atoms with van der Waals surface area (Å²) >= 11 is 0. The van der Waals surface area contributed by atoms with Gasteiger partial charge in [-0.05, 0) is 24.5 Å². The number of hydrogen-bond acceptors (Lipinski definition) is 4. The summed E-state index contributed by atoms with van der Waals surface area (Å²) in [7, 11) is -1.86. The van der Waals surface area contributed by atoms with E-state index in [1.165, 1.54) is 4.31 Å². The van der Waals surface area contributed by atoms with Gasteiger partial charge in [0.05, 0.1) is 24.0 Å². The van der Waals surface area contributed by atoms with Gasteiger partial charge in [0.15, 0.2) is 0 Å². The maximum Gasteiger partial charge on any atom is 0.218 e. The number of methoxy groups -OCH3 is 1. The molecule has 0 aromatic heterocycles. The molecule has 5 nitrogen and oxygen atoms in total. The van der Waals surface area contributed by atoms with Crippen LogP contribution in [0.15, 0.2) is 24.3 Å². The standard InChI is InChI=1S/C14H18N2O3S/c1-19-9-8-16(14-6-7-14)20(17,18)11-13-5-3-2-4-12(13)10-15/h2-5,14H,6-9,11H2,1H3. The number of benzene rings is 1. The zero-order valence-corrected chi connectivity index (χ0v) is 12.3. The normalized spacial score (nSPS) is 15.2. The summed E-state index contributed by atoms with van der Waals surface area (Å²) in [6.07, 6.45) is 1.81. The fourth-order valence-electron chi connectivity index (χ4n) is 2.13. The van der Waals surface area contributed by atoms with E-state index in [2.05, 4.69) is 0 Å². The van der Waals surface area contributed by atoms with E-state index in [1.807, 2.05) is 6.07 Å². The second-order valence-corrected chi connectivity index (χ2v) is 6.78. The molecule has 20 heavy (non-hydrogen) atoms. The Morgan fingerprint density at radius 1 is 1.40 bits per heavy atom. The number of sulfonamides is 1. The van der Waals surface area contributed by atoms with E-state index in [0.717, 1.165) is 12.8 Å². The Balaban J connectivity index is 2.18.